The zero-order chi connectivity index (χ0) is 16.6. The van der Waals surface area contributed by atoms with E-state index in [0.717, 1.165) is 24.3 Å². The molecule has 3 rings (SSSR count). The summed E-state index contributed by atoms with van der Waals surface area (Å²) >= 11 is 0. The SMILES string of the molecule is OCc1c(-c2ccc(F)cc2F)noc1-c1ccc(F)c(F)c1. The average Bonchev–Trinajstić information content (AvgIpc) is 2.93. The van der Waals surface area contributed by atoms with Crippen molar-refractivity contribution in [2.24, 2.45) is 0 Å². The van der Waals surface area contributed by atoms with Crippen LogP contribution in [0.2, 0.25) is 0 Å². The Morgan fingerprint density at radius 2 is 1.70 bits per heavy atom. The second-order valence-electron chi connectivity index (χ2n) is 4.75. The fraction of sp³-hybridized carbons (Fsp3) is 0.0625. The molecule has 0 saturated heterocycles. The van der Waals surface area contributed by atoms with Crippen molar-refractivity contribution in [3.8, 4) is 22.6 Å². The van der Waals surface area contributed by atoms with Gasteiger partial charge in [0.2, 0.25) is 0 Å². The highest BCUT2D eigenvalue weighted by atomic mass is 19.2. The van der Waals surface area contributed by atoms with Crippen LogP contribution in [0.1, 0.15) is 5.56 Å². The van der Waals surface area contributed by atoms with E-state index in [1.165, 1.54) is 6.07 Å². The van der Waals surface area contributed by atoms with Crippen LogP contribution in [-0.4, -0.2) is 10.3 Å². The van der Waals surface area contributed by atoms with Gasteiger partial charge in [0.25, 0.3) is 0 Å². The first-order valence-electron chi connectivity index (χ1n) is 6.51. The number of hydrogen-bond acceptors (Lipinski definition) is 3. The lowest BCUT2D eigenvalue weighted by atomic mass is 10.0. The lowest BCUT2D eigenvalue weighted by Gasteiger charge is -2.03. The number of benzene rings is 2. The van der Waals surface area contributed by atoms with Gasteiger partial charge in [-0.05, 0) is 30.3 Å². The fourth-order valence-electron chi connectivity index (χ4n) is 2.21. The Balaban J connectivity index is 2.15. The van der Waals surface area contributed by atoms with E-state index in [-0.39, 0.29) is 28.1 Å². The number of rotatable bonds is 3. The van der Waals surface area contributed by atoms with Crippen LogP contribution >= 0.6 is 0 Å². The predicted octanol–water partition coefficient (Wildman–Crippen LogP) is 4.06. The monoisotopic (exact) mass is 323 g/mol. The quantitative estimate of drug-likeness (QED) is 0.740. The molecule has 1 N–H and O–H groups in total. The minimum atomic E-state index is -1.10. The van der Waals surface area contributed by atoms with Crippen molar-refractivity contribution in [2.75, 3.05) is 0 Å². The standard InChI is InChI=1S/C16H9F4NO2/c17-9-2-3-10(13(19)6-9)15-11(7-22)16(23-21-15)8-1-4-12(18)14(20)5-8/h1-6,22H,7H2. The summed E-state index contributed by atoms with van der Waals surface area (Å²) < 4.78 is 58.2. The molecule has 0 saturated carbocycles. The highest BCUT2D eigenvalue weighted by molar-refractivity contribution is 5.72. The first-order valence-corrected chi connectivity index (χ1v) is 6.51. The smallest absolute Gasteiger partial charge is 0.173 e. The molecule has 0 amide bonds. The average molecular weight is 323 g/mol. The van der Waals surface area contributed by atoms with E-state index >= 15 is 0 Å². The molecule has 3 aromatic rings. The molecule has 1 aromatic heterocycles. The molecule has 0 fully saturated rings. The summed E-state index contributed by atoms with van der Waals surface area (Å²) in [4.78, 5) is 0. The summed E-state index contributed by atoms with van der Waals surface area (Å²) in [6.07, 6.45) is 0. The van der Waals surface area contributed by atoms with Crippen LogP contribution in [0, 0.1) is 23.3 Å². The van der Waals surface area contributed by atoms with Gasteiger partial charge in [0.15, 0.2) is 17.4 Å². The van der Waals surface area contributed by atoms with Crippen LogP contribution in [-0.2, 0) is 6.61 Å². The molecule has 0 aliphatic heterocycles. The molecule has 1 heterocycles. The molecule has 0 aliphatic rings. The van der Waals surface area contributed by atoms with Crippen molar-refractivity contribution in [3.63, 3.8) is 0 Å². The first kappa shape index (κ1) is 15.2. The van der Waals surface area contributed by atoms with Crippen molar-refractivity contribution in [2.45, 2.75) is 6.61 Å². The van der Waals surface area contributed by atoms with Crippen LogP contribution in [0.3, 0.4) is 0 Å². The van der Waals surface area contributed by atoms with Crippen LogP contribution in [0.5, 0.6) is 0 Å². The lowest BCUT2D eigenvalue weighted by Crippen LogP contribution is -1.93. The van der Waals surface area contributed by atoms with Crippen LogP contribution in [0.25, 0.3) is 22.6 Å². The number of halogens is 4. The van der Waals surface area contributed by atoms with Gasteiger partial charge in [-0.1, -0.05) is 5.16 Å². The van der Waals surface area contributed by atoms with Crippen LogP contribution < -0.4 is 0 Å². The second kappa shape index (κ2) is 5.85. The van der Waals surface area contributed by atoms with Crippen molar-refractivity contribution < 1.29 is 27.2 Å². The molecule has 2 aromatic carbocycles. The minimum Gasteiger partial charge on any atom is -0.391 e. The third kappa shape index (κ3) is 2.70. The van der Waals surface area contributed by atoms with Crippen molar-refractivity contribution in [1.29, 1.82) is 0 Å². The maximum absolute atomic E-state index is 13.9. The van der Waals surface area contributed by atoms with E-state index in [9.17, 15) is 22.7 Å². The third-order valence-corrected chi connectivity index (χ3v) is 3.31. The van der Waals surface area contributed by atoms with E-state index in [0.29, 0.717) is 6.07 Å². The van der Waals surface area contributed by atoms with Crippen LogP contribution in [0.4, 0.5) is 17.6 Å². The molecule has 3 nitrogen and oxygen atoms in total. The largest absolute Gasteiger partial charge is 0.391 e. The van der Waals surface area contributed by atoms with Gasteiger partial charge >= 0.3 is 0 Å². The summed E-state index contributed by atoms with van der Waals surface area (Å²) in [5, 5.41) is 13.2. The lowest BCUT2D eigenvalue weighted by molar-refractivity contribution is 0.281. The van der Waals surface area contributed by atoms with Gasteiger partial charge < -0.3 is 9.63 Å². The molecule has 7 heteroatoms. The molecule has 0 radical (unpaired) electrons. The van der Waals surface area contributed by atoms with E-state index in [1.807, 2.05) is 0 Å². The number of aliphatic hydroxyl groups excluding tert-OH is 1. The number of nitrogens with zero attached hydrogens (tertiary/aromatic N) is 1. The molecule has 0 spiro atoms. The van der Waals surface area contributed by atoms with Crippen molar-refractivity contribution >= 4 is 0 Å². The second-order valence-corrected chi connectivity index (χ2v) is 4.75. The van der Waals surface area contributed by atoms with Gasteiger partial charge in [-0.2, -0.15) is 0 Å². The van der Waals surface area contributed by atoms with Crippen molar-refractivity contribution in [3.05, 3.63) is 65.2 Å². The van der Waals surface area contributed by atoms with Crippen molar-refractivity contribution in [1.82, 2.24) is 5.16 Å². The Kier molecular flexibility index (Phi) is 3.87. The molecule has 23 heavy (non-hydrogen) atoms. The topological polar surface area (TPSA) is 46.3 Å². The molecular formula is C16H9F4NO2. The maximum Gasteiger partial charge on any atom is 0.173 e. The Morgan fingerprint density at radius 1 is 0.913 bits per heavy atom. The zero-order valence-corrected chi connectivity index (χ0v) is 11.5. The molecular weight excluding hydrogens is 314 g/mol. The van der Waals surface area contributed by atoms with Gasteiger partial charge in [-0.3, -0.25) is 0 Å². The van der Waals surface area contributed by atoms with E-state index in [4.69, 9.17) is 4.52 Å². The maximum atomic E-state index is 13.9. The molecule has 0 atom stereocenters. The van der Waals surface area contributed by atoms with Gasteiger partial charge in [-0.25, -0.2) is 17.6 Å². The number of aromatic nitrogens is 1. The van der Waals surface area contributed by atoms with Gasteiger partial charge in [0.05, 0.1) is 12.2 Å². The highest BCUT2D eigenvalue weighted by Gasteiger charge is 2.21. The Labute approximate surface area is 127 Å². The molecule has 0 unspecified atom stereocenters. The summed E-state index contributed by atoms with van der Waals surface area (Å²) in [7, 11) is 0. The Hall–Kier alpha value is -2.67. The molecule has 0 aliphatic carbocycles. The van der Waals surface area contributed by atoms with Gasteiger partial charge in [-0.15, -0.1) is 0 Å². The number of hydrogen-bond donors (Lipinski definition) is 1. The third-order valence-electron chi connectivity index (χ3n) is 3.31. The van der Waals surface area contributed by atoms with E-state index in [1.54, 1.807) is 0 Å². The zero-order valence-electron chi connectivity index (χ0n) is 11.5. The summed E-state index contributed by atoms with van der Waals surface area (Å²) in [6, 6.07) is 5.86. The summed E-state index contributed by atoms with van der Waals surface area (Å²) in [5.41, 5.74) is 0.105. The molecule has 118 valence electrons. The molecule has 0 bridgehead atoms. The summed E-state index contributed by atoms with van der Waals surface area (Å²) in [5.74, 6) is -3.81. The van der Waals surface area contributed by atoms with Gasteiger partial charge in [0, 0.05) is 17.2 Å². The predicted molar refractivity (Wildman–Crippen MR) is 73.1 cm³/mol. The fourth-order valence-corrected chi connectivity index (χ4v) is 2.21. The summed E-state index contributed by atoms with van der Waals surface area (Å²) in [6.45, 7) is -0.579. The first-order chi connectivity index (χ1) is 11.0. The number of aliphatic hydroxyl groups is 1. The van der Waals surface area contributed by atoms with Gasteiger partial charge in [0.1, 0.15) is 17.3 Å². The van der Waals surface area contributed by atoms with Crippen LogP contribution in [0.15, 0.2) is 40.9 Å². The normalized spacial score (nSPS) is 11.0. The van der Waals surface area contributed by atoms with E-state index < -0.39 is 29.9 Å². The van der Waals surface area contributed by atoms with E-state index in [2.05, 4.69) is 5.16 Å². The Morgan fingerprint density at radius 3 is 2.35 bits per heavy atom. The Bertz CT molecular complexity index is 877. The minimum absolute atomic E-state index is 0.0230. The highest BCUT2D eigenvalue weighted by Crippen LogP contribution is 2.34.